The van der Waals surface area contributed by atoms with Gasteiger partial charge in [0.15, 0.2) is 0 Å². The fourth-order valence-electron chi connectivity index (χ4n) is 1.96. The Bertz CT molecular complexity index is 655. The maximum atomic E-state index is 12.1. The number of rotatable bonds is 7. The van der Waals surface area contributed by atoms with Gasteiger partial charge in [-0.05, 0) is 22.6 Å². The number of nitrogens with zero attached hydrogens (tertiary/aromatic N) is 4. The number of ether oxygens (including phenoxy) is 1. The van der Waals surface area contributed by atoms with Gasteiger partial charge in [-0.15, -0.1) is 21.5 Å². The molecule has 0 aliphatic heterocycles. The SMILES string of the molecule is CC[C@H](C)[C@H](NC(=O)Cn1nnc(-c2cccs2)n1)C(=O)OC. The number of tetrazole rings is 1. The molecule has 1 N–H and O–H groups in total. The van der Waals surface area contributed by atoms with Crippen LogP contribution < -0.4 is 5.32 Å². The number of carbonyl (C=O) groups excluding carboxylic acids is 2. The van der Waals surface area contributed by atoms with Crippen molar-refractivity contribution in [3.63, 3.8) is 0 Å². The number of hydrogen-bond acceptors (Lipinski definition) is 7. The van der Waals surface area contributed by atoms with Gasteiger partial charge in [-0.25, -0.2) is 4.79 Å². The number of hydrogen-bond donors (Lipinski definition) is 1. The Morgan fingerprint density at radius 2 is 2.26 bits per heavy atom. The molecule has 2 atom stereocenters. The highest BCUT2D eigenvalue weighted by atomic mass is 32.1. The highest BCUT2D eigenvalue weighted by molar-refractivity contribution is 7.13. The minimum atomic E-state index is -0.683. The number of nitrogens with one attached hydrogen (secondary N) is 1. The first-order valence-corrected chi connectivity index (χ1v) is 8.12. The lowest BCUT2D eigenvalue weighted by Crippen LogP contribution is -2.46. The molecule has 0 saturated heterocycles. The Kier molecular flexibility index (Phi) is 5.80. The van der Waals surface area contributed by atoms with Gasteiger partial charge < -0.3 is 10.1 Å². The highest BCUT2D eigenvalue weighted by Gasteiger charge is 2.26. The van der Waals surface area contributed by atoms with E-state index in [0.717, 1.165) is 11.3 Å². The molecule has 0 aliphatic rings. The lowest BCUT2D eigenvalue weighted by atomic mass is 9.99. The van der Waals surface area contributed by atoms with Crippen LogP contribution in [0.3, 0.4) is 0 Å². The summed E-state index contributed by atoms with van der Waals surface area (Å²) in [5, 5.41) is 16.5. The molecule has 23 heavy (non-hydrogen) atoms. The molecule has 0 bridgehead atoms. The van der Waals surface area contributed by atoms with E-state index in [1.165, 1.54) is 23.2 Å². The molecule has 2 rings (SSSR count). The van der Waals surface area contributed by atoms with Crippen LogP contribution in [0.1, 0.15) is 20.3 Å². The normalized spacial score (nSPS) is 13.3. The second kappa shape index (κ2) is 7.82. The number of carbonyl (C=O) groups is 2. The third kappa shape index (κ3) is 4.35. The minimum Gasteiger partial charge on any atom is -0.467 e. The quantitative estimate of drug-likeness (QED) is 0.760. The van der Waals surface area contributed by atoms with Crippen molar-refractivity contribution in [1.29, 1.82) is 0 Å². The fraction of sp³-hybridized carbons (Fsp3) is 0.500. The Morgan fingerprint density at radius 1 is 1.48 bits per heavy atom. The molecule has 0 fully saturated rings. The van der Waals surface area contributed by atoms with Crippen LogP contribution in [0.25, 0.3) is 10.7 Å². The second-order valence-electron chi connectivity index (χ2n) is 5.07. The number of methoxy groups -OCH3 is 1. The van der Waals surface area contributed by atoms with Gasteiger partial charge >= 0.3 is 5.97 Å². The molecular formula is C14H19N5O3S. The van der Waals surface area contributed by atoms with Gasteiger partial charge in [-0.3, -0.25) is 4.79 Å². The Balaban J connectivity index is 1.99. The van der Waals surface area contributed by atoms with E-state index in [-0.39, 0.29) is 18.4 Å². The number of aromatic nitrogens is 4. The Hall–Kier alpha value is -2.29. The van der Waals surface area contributed by atoms with Gasteiger partial charge in [0.25, 0.3) is 0 Å². The first kappa shape index (κ1) is 17.1. The molecule has 2 aromatic heterocycles. The van der Waals surface area contributed by atoms with E-state index in [1.807, 2.05) is 31.4 Å². The first-order chi connectivity index (χ1) is 11.0. The third-order valence-corrected chi connectivity index (χ3v) is 4.33. The van der Waals surface area contributed by atoms with E-state index < -0.39 is 12.0 Å². The van der Waals surface area contributed by atoms with Crippen molar-refractivity contribution in [2.24, 2.45) is 5.92 Å². The third-order valence-electron chi connectivity index (χ3n) is 3.46. The standard InChI is InChI=1S/C14H19N5O3S/c1-4-9(2)12(14(21)22-3)15-11(20)8-19-17-13(16-18-19)10-6-5-7-23-10/h5-7,9,12H,4,8H2,1-3H3,(H,15,20)/t9-,12-/m0/s1. The average molecular weight is 337 g/mol. The Morgan fingerprint density at radius 3 is 2.87 bits per heavy atom. The topological polar surface area (TPSA) is 99.0 Å². The zero-order valence-electron chi connectivity index (χ0n) is 13.2. The van der Waals surface area contributed by atoms with Gasteiger partial charge in [0, 0.05) is 0 Å². The van der Waals surface area contributed by atoms with Crippen LogP contribution >= 0.6 is 11.3 Å². The van der Waals surface area contributed by atoms with Crippen LogP contribution in [0, 0.1) is 5.92 Å². The van der Waals surface area contributed by atoms with Crippen molar-refractivity contribution < 1.29 is 14.3 Å². The summed E-state index contributed by atoms with van der Waals surface area (Å²) in [6.45, 7) is 3.71. The van der Waals surface area contributed by atoms with E-state index in [2.05, 4.69) is 20.7 Å². The summed E-state index contributed by atoms with van der Waals surface area (Å²) in [4.78, 5) is 26.0. The lowest BCUT2D eigenvalue weighted by Gasteiger charge is -2.21. The highest BCUT2D eigenvalue weighted by Crippen LogP contribution is 2.19. The summed E-state index contributed by atoms with van der Waals surface area (Å²) < 4.78 is 4.74. The fourth-order valence-corrected chi connectivity index (χ4v) is 2.61. The summed E-state index contributed by atoms with van der Waals surface area (Å²) in [5.41, 5.74) is 0. The zero-order valence-corrected chi connectivity index (χ0v) is 14.0. The molecule has 0 unspecified atom stereocenters. The van der Waals surface area contributed by atoms with Crippen molar-refractivity contribution in [1.82, 2.24) is 25.5 Å². The van der Waals surface area contributed by atoms with E-state index in [0.29, 0.717) is 5.82 Å². The summed E-state index contributed by atoms with van der Waals surface area (Å²) in [5.74, 6) is -0.384. The summed E-state index contributed by atoms with van der Waals surface area (Å²) in [6.07, 6.45) is 0.740. The van der Waals surface area contributed by atoms with Crippen molar-refractivity contribution >= 4 is 23.2 Å². The van der Waals surface area contributed by atoms with Gasteiger partial charge in [-0.2, -0.15) is 4.80 Å². The molecule has 0 aromatic carbocycles. The molecule has 0 spiro atoms. The molecule has 124 valence electrons. The largest absolute Gasteiger partial charge is 0.467 e. The van der Waals surface area contributed by atoms with Gasteiger partial charge in [0.2, 0.25) is 11.7 Å². The smallest absolute Gasteiger partial charge is 0.328 e. The lowest BCUT2D eigenvalue weighted by molar-refractivity contribution is -0.146. The molecule has 2 aromatic rings. The van der Waals surface area contributed by atoms with Crippen molar-refractivity contribution in [2.45, 2.75) is 32.9 Å². The Labute approximate surface area is 137 Å². The van der Waals surface area contributed by atoms with Crippen LogP contribution in [0.2, 0.25) is 0 Å². The zero-order chi connectivity index (χ0) is 16.8. The van der Waals surface area contributed by atoms with E-state index >= 15 is 0 Å². The second-order valence-corrected chi connectivity index (χ2v) is 6.02. The number of esters is 1. The van der Waals surface area contributed by atoms with Crippen LogP contribution in [0.5, 0.6) is 0 Å². The molecule has 2 heterocycles. The molecule has 1 amide bonds. The van der Waals surface area contributed by atoms with Crippen LogP contribution in [-0.2, 0) is 20.9 Å². The molecular weight excluding hydrogens is 318 g/mol. The van der Waals surface area contributed by atoms with E-state index in [4.69, 9.17) is 4.74 Å². The van der Waals surface area contributed by atoms with Gasteiger partial charge in [0.1, 0.15) is 12.6 Å². The predicted octanol–water partition coefficient (Wildman–Crippen LogP) is 1.11. The molecule has 0 saturated carbocycles. The summed E-state index contributed by atoms with van der Waals surface area (Å²) in [7, 11) is 1.30. The monoisotopic (exact) mass is 337 g/mol. The average Bonchev–Trinajstić information content (AvgIpc) is 3.22. The minimum absolute atomic E-state index is 0.0308. The number of amides is 1. The maximum Gasteiger partial charge on any atom is 0.328 e. The molecule has 9 heteroatoms. The van der Waals surface area contributed by atoms with Gasteiger partial charge in [0.05, 0.1) is 12.0 Å². The molecule has 8 nitrogen and oxygen atoms in total. The van der Waals surface area contributed by atoms with Crippen LogP contribution in [-0.4, -0.2) is 45.2 Å². The van der Waals surface area contributed by atoms with Crippen LogP contribution in [0.4, 0.5) is 0 Å². The van der Waals surface area contributed by atoms with Crippen molar-refractivity contribution in [2.75, 3.05) is 7.11 Å². The van der Waals surface area contributed by atoms with Crippen molar-refractivity contribution in [3.8, 4) is 10.7 Å². The predicted molar refractivity (Wildman–Crippen MR) is 84.5 cm³/mol. The number of thiophene rings is 1. The van der Waals surface area contributed by atoms with E-state index in [1.54, 1.807) is 0 Å². The van der Waals surface area contributed by atoms with Crippen molar-refractivity contribution in [3.05, 3.63) is 17.5 Å². The van der Waals surface area contributed by atoms with Crippen LogP contribution in [0.15, 0.2) is 17.5 Å². The van der Waals surface area contributed by atoms with E-state index in [9.17, 15) is 9.59 Å². The maximum absolute atomic E-state index is 12.1. The molecule has 0 radical (unpaired) electrons. The summed E-state index contributed by atoms with van der Waals surface area (Å²) >= 11 is 1.49. The summed E-state index contributed by atoms with van der Waals surface area (Å²) in [6, 6.07) is 3.08. The first-order valence-electron chi connectivity index (χ1n) is 7.24. The van der Waals surface area contributed by atoms with Gasteiger partial charge in [-0.1, -0.05) is 26.3 Å². The molecule has 0 aliphatic carbocycles.